The zero-order chi connectivity index (χ0) is 49.3. The minimum Gasteiger partial charge on any atom is -0.378 e. The molecule has 1 aromatic rings. The summed E-state index contributed by atoms with van der Waals surface area (Å²) in [5.41, 5.74) is 1.59. The highest BCUT2D eigenvalue weighted by Gasteiger charge is 2.46. The van der Waals surface area contributed by atoms with E-state index < -0.39 is 0 Å². The molecule has 5 heterocycles. The number of unbranched alkanes of at least 4 members (excludes halogenated alkanes) is 6. The van der Waals surface area contributed by atoms with Gasteiger partial charge >= 0.3 is 0 Å². The van der Waals surface area contributed by atoms with Gasteiger partial charge in [0.2, 0.25) is 17.8 Å². The summed E-state index contributed by atoms with van der Waals surface area (Å²) >= 11 is 0. The Balaban J connectivity index is 0.000000338. The normalized spacial score (nSPS) is 23.3. The molecule has 1 amide bonds. The Hall–Kier alpha value is -2.38. The number of amides is 1. The lowest BCUT2D eigenvalue weighted by Crippen LogP contribution is -2.63. The second-order valence-electron chi connectivity index (χ2n) is 24.9. The second kappa shape index (κ2) is 23.5. The summed E-state index contributed by atoms with van der Waals surface area (Å²) in [5, 5.41) is 7.69. The van der Waals surface area contributed by atoms with Crippen molar-refractivity contribution in [1.29, 1.82) is 0 Å². The number of hydrogen-bond acceptors (Lipinski definition) is 11. The molecule has 66 heavy (non-hydrogen) atoms. The van der Waals surface area contributed by atoms with Crippen LogP contribution in [0.25, 0.3) is 0 Å². The number of anilines is 2. The van der Waals surface area contributed by atoms with Gasteiger partial charge in [-0.25, -0.2) is 0 Å². The lowest BCUT2D eigenvalue weighted by atomic mass is 9.76. The molecule has 2 N–H and O–H groups in total. The van der Waals surface area contributed by atoms with Crippen LogP contribution >= 0.6 is 0 Å². The number of nitrogens with one attached hydrogen (secondary N) is 2. The van der Waals surface area contributed by atoms with Crippen molar-refractivity contribution in [3.63, 3.8) is 0 Å². The summed E-state index contributed by atoms with van der Waals surface area (Å²) in [6.07, 6.45) is 18.3. The van der Waals surface area contributed by atoms with E-state index in [0.29, 0.717) is 18.1 Å². The third kappa shape index (κ3) is 16.6. The number of carbonyl (C=O) groups excluding carboxylic acids is 1. The number of rotatable bonds is 18. The van der Waals surface area contributed by atoms with Gasteiger partial charge < -0.3 is 35.0 Å². The molecule has 4 fully saturated rings. The van der Waals surface area contributed by atoms with Gasteiger partial charge in [-0.3, -0.25) is 9.69 Å². The zero-order valence-corrected chi connectivity index (χ0v) is 46.1. The van der Waals surface area contributed by atoms with E-state index in [2.05, 4.69) is 139 Å². The minimum atomic E-state index is 0.0577. The number of carbonyl (C=O) groups is 1. The average Bonchev–Trinajstić information content (AvgIpc) is 3.19. The fourth-order valence-electron chi connectivity index (χ4n) is 12.2. The smallest absolute Gasteiger partial charge is 0.249 e. The lowest BCUT2D eigenvalue weighted by molar-refractivity contribution is -0.134. The predicted molar refractivity (Wildman–Crippen MR) is 279 cm³/mol. The summed E-state index contributed by atoms with van der Waals surface area (Å²) in [7, 11) is 4.56. The first kappa shape index (κ1) is 56.2. The van der Waals surface area contributed by atoms with Crippen LogP contribution in [-0.2, 0) is 9.53 Å². The highest BCUT2D eigenvalue weighted by atomic mass is 16.5. The molecule has 0 spiro atoms. The topological polar surface area (TPSA) is 105 Å². The van der Waals surface area contributed by atoms with Gasteiger partial charge in [-0.1, -0.05) is 45.1 Å². The number of piperidine rings is 3. The molecule has 4 aliphatic heterocycles. The molecule has 4 aliphatic rings. The molecule has 380 valence electrons. The van der Waals surface area contributed by atoms with Crippen molar-refractivity contribution in [1.82, 2.24) is 40.3 Å². The average molecular weight is 923 g/mol. The third-order valence-electron chi connectivity index (χ3n) is 15.3. The maximum Gasteiger partial charge on any atom is 0.249 e. The lowest BCUT2D eigenvalue weighted by Gasteiger charge is -2.55. The molecule has 0 aromatic carbocycles. The maximum atomic E-state index is 13.0. The van der Waals surface area contributed by atoms with Crippen molar-refractivity contribution in [2.24, 2.45) is 0 Å². The Morgan fingerprint density at radius 3 is 1.68 bits per heavy atom. The number of aryl methyl sites for hydroxylation is 1. The number of nitrogens with zero attached hydrogens (tertiary/aromatic N) is 8. The number of allylic oxidation sites excluding steroid dienone is 1. The van der Waals surface area contributed by atoms with E-state index in [9.17, 15) is 4.79 Å². The van der Waals surface area contributed by atoms with Crippen LogP contribution in [0, 0.1) is 6.92 Å². The first-order valence-electron chi connectivity index (χ1n) is 26.4. The van der Waals surface area contributed by atoms with Crippen molar-refractivity contribution in [2.75, 3.05) is 69.8 Å². The van der Waals surface area contributed by atoms with Gasteiger partial charge in [0.15, 0.2) is 0 Å². The Labute approximate surface area is 405 Å². The molecule has 0 radical (unpaired) electrons. The second-order valence-corrected chi connectivity index (χ2v) is 24.9. The van der Waals surface area contributed by atoms with Gasteiger partial charge in [-0.05, 0) is 182 Å². The molecule has 1 aromatic heterocycles. The van der Waals surface area contributed by atoms with Crippen LogP contribution in [0.4, 0.5) is 11.9 Å². The van der Waals surface area contributed by atoms with Crippen LogP contribution in [0.2, 0.25) is 0 Å². The number of morpholine rings is 1. The first-order chi connectivity index (χ1) is 30.6. The van der Waals surface area contributed by atoms with Crippen molar-refractivity contribution in [2.45, 2.75) is 252 Å². The van der Waals surface area contributed by atoms with E-state index in [0.717, 1.165) is 101 Å². The Bertz CT molecular complexity index is 1650. The molecule has 0 saturated carbocycles. The summed E-state index contributed by atoms with van der Waals surface area (Å²) in [6, 6.07) is 1.36. The van der Waals surface area contributed by atoms with Crippen molar-refractivity contribution in [3.8, 4) is 0 Å². The number of likely N-dealkylation sites (tertiary alicyclic amines) is 1. The molecule has 0 atom stereocenters. The maximum absolute atomic E-state index is 13.0. The van der Waals surface area contributed by atoms with Gasteiger partial charge in [0.1, 0.15) is 5.82 Å². The van der Waals surface area contributed by atoms with Gasteiger partial charge in [0.05, 0.1) is 13.2 Å². The van der Waals surface area contributed by atoms with Crippen LogP contribution < -0.4 is 20.4 Å². The molecule has 12 heteroatoms. The van der Waals surface area contributed by atoms with Crippen LogP contribution in [0.1, 0.15) is 200 Å². The van der Waals surface area contributed by atoms with E-state index in [1.807, 2.05) is 26.8 Å². The van der Waals surface area contributed by atoms with Crippen molar-refractivity contribution in [3.05, 3.63) is 17.5 Å². The Morgan fingerprint density at radius 1 is 0.682 bits per heavy atom. The number of aromatic nitrogens is 3. The number of hydrogen-bond donors (Lipinski definition) is 2. The van der Waals surface area contributed by atoms with Crippen molar-refractivity contribution >= 4 is 17.8 Å². The summed E-state index contributed by atoms with van der Waals surface area (Å²) < 4.78 is 5.59. The predicted octanol–water partition coefficient (Wildman–Crippen LogP) is 9.95. The van der Waals surface area contributed by atoms with Crippen LogP contribution in [0.3, 0.4) is 0 Å². The van der Waals surface area contributed by atoms with E-state index in [-0.39, 0.29) is 39.1 Å². The molecule has 0 unspecified atom stereocenters. The molecule has 0 bridgehead atoms. The molecule has 4 saturated heterocycles. The highest BCUT2D eigenvalue weighted by molar-refractivity contribution is 5.93. The number of ether oxygens (including phenoxy) is 1. The Morgan fingerprint density at radius 2 is 1.17 bits per heavy atom. The first-order valence-corrected chi connectivity index (χ1v) is 26.4. The standard InChI is InChI=1S/C33H62N8O.C21H40N2O/c1-25-34-28(40-17-19-42-20-18-40)36-29(35-25)41(27-23-32(6,7)38-33(8,9)24-27)16-14-12-11-13-15-39(10)26-21-30(2,3)37-31(4,5)22-26;1-9-11-12-13-14-23(19(24)17(3)10-2)18-15-20(4,5)22(8)21(6,7)16-18/h26-27,37-38H,11-24H2,1-10H3;10,18H,9,11-16H2,1-8H3/b;17-10+. The van der Waals surface area contributed by atoms with E-state index in [1.165, 1.54) is 57.9 Å². The van der Waals surface area contributed by atoms with Crippen LogP contribution in [0.5, 0.6) is 0 Å². The monoisotopic (exact) mass is 923 g/mol. The Kier molecular flexibility index (Phi) is 20.0. The fourth-order valence-corrected chi connectivity index (χ4v) is 12.2. The molecule has 12 nitrogen and oxygen atoms in total. The molecular formula is C54H102N10O2. The minimum absolute atomic E-state index is 0.0577. The van der Waals surface area contributed by atoms with E-state index in [4.69, 9.17) is 19.7 Å². The molecule has 5 rings (SSSR count). The summed E-state index contributed by atoms with van der Waals surface area (Å²) in [6.45, 7) is 42.3. The molecular weight excluding hydrogens is 821 g/mol. The molecule has 0 aliphatic carbocycles. The third-order valence-corrected chi connectivity index (χ3v) is 15.3. The van der Waals surface area contributed by atoms with Gasteiger partial charge in [0.25, 0.3) is 0 Å². The highest BCUT2D eigenvalue weighted by Crippen LogP contribution is 2.40. The van der Waals surface area contributed by atoms with Gasteiger partial charge in [0, 0.05) is 83.1 Å². The summed E-state index contributed by atoms with van der Waals surface area (Å²) in [5.74, 6) is 2.67. The van der Waals surface area contributed by atoms with Crippen LogP contribution in [0.15, 0.2) is 11.6 Å². The quantitative estimate of drug-likeness (QED) is 0.109. The zero-order valence-electron chi connectivity index (χ0n) is 46.1. The SMILES string of the molecule is C/C=C(\C)C(=O)N(CCCCCC)C1CC(C)(C)N(C)C(C)(C)C1.Cc1nc(N2CCOCC2)nc(N(CCCCCCN(C)C2CC(C)(C)NC(C)(C)C2)C2CC(C)(C)NC(C)(C)C2)n1. The van der Waals surface area contributed by atoms with Crippen molar-refractivity contribution < 1.29 is 9.53 Å². The summed E-state index contributed by atoms with van der Waals surface area (Å²) in [4.78, 5) is 39.8. The largest absolute Gasteiger partial charge is 0.378 e. The van der Waals surface area contributed by atoms with E-state index >= 15 is 0 Å². The van der Waals surface area contributed by atoms with E-state index in [1.54, 1.807) is 0 Å². The fraction of sp³-hybridized carbons (Fsp3) is 0.889. The van der Waals surface area contributed by atoms with Crippen LogP contribution in [-0.4, -0.2) is 147 Å². The van der Waals surface area contributed by atoms with Gasteiger partial charge in [-0.15, -0.1) is 0 Å². The van der Waals surface area contributed by atoms with Gasteiger partial charge in [-0.2, -0.15) is 15.0 Å².